The highest BCUT2D eigenvalue weighted by Gasteiger charge is 2.28. The van der Waals surface area contributed by atoms with E-state index < -0.39 is 0 Å². The van der Waals surface area contributed by atoms with Crippen molar-refractivity contribution in [3.63, 3.8) is 0 Å². The lowest BCUT2D eigenvalue weighted by atomic mass is 9.81. The van der Waals surface area contributed by atoms with Gasteiger partial charge in [0, 0.05) is 13.2 Å². The van der Waals surface area contributed by atoms with Gasteiger partial charge < -0.3 is 10.5 Å². The molecule has 0 bridgehead atoms. The number of hydrogen-bond acceptors (Lipinski definition) is 2. The Labute approximate surface area is 101 Å². The number of ether oxygens (including phenoxy) is 1. The first-order valence-corrected chi connectivity index (χ1v) is 6.93. The molecule has 2 atom stereocenters. The molecular formula is C14H29NO. The molecule has 0 aliphatic heterocycles. The smallest absolute Gasteiger partial charge is 0.0750 e. The van der Waals surface area contributed by atoms with Crippen LogP contribution in [-0.4, -0.2) is 19.3 Å². The summed E-state index contributed by atoms with van der Waals surface area (Å²) in [6.07, 6.45) is 9.36. The van der Waals surface area contributed by atoms with Crippen LogP contribution in [0.1, 0.15) is 58.8 Å². The summed E-state index contributed by atoms with van der Waals surface area (Å²) < 4.78 is 5.66. The van der Waals surface area contributed by atoms with Crippen molar-refractivity contribution in [2.75, 3.05) is 7.11 Å². The van der Waals surface area contributed by atoms with Crippen LogP contribution in [0.5, 0.6) is 0 Å². The lowest BCUT2D eigenvalue weighted by Crippen LogP contribution is -2.42. The van der Waals surface area contributed by atoms with Gasteiger partial charge in [0.2, 0.25) is 0 Å². The summed E-state index contributed by atoms with van der Waals surface area (Å²) in [5, 5.41) is 0. The van der Waals surface area contributed by atoms with E-state index in [9.17, 15) is 0 Å². The summed E-state index contributed by atoms with van der Waals surface area (Å²) in [4.78, 5) is 0. The molecule has 2 nitrogen and oxygen atoms in total. The lowest BCUT2D eigenvalue weighted by molar-refractivity contribution is 0.0148. The van der Waals surface area contributed by atoms with E-state index in [2.05, 4.69) is 13.8 Å². The van der Waals surface area contributed by atoms with Crippen molar-refractivity contribution in [3.8, 4) is 0 Å². The second kappa shape index (κ2) is 7.29. The zero-order valence-corrected chi connectivity index (χ0v) is 11.2. The molecule has 1 fully saturated rings. The Morgan fingerprint density at radius 2 is 1.75 bits per heavy atom. The minimum absolute atomic E-state index is 0.232. The van der Waals surface area contributed by atoms with Gasteiger partial charge in [-0.3, -0.25) is 0 Å². The first-order chi connectivity index (χ1) is 7.65. The van der Waals surface area contributed by atoms with Crippen LogP contribution in [0.4, 0.5) is 0 Å². The Kier molecular flexibility index (Phi) is 6.37. The monoisotopic (exact) mass is 227 g/mol. The third kappa shape index (κ3) is 4.42. The first kappa shape index (κ1) is 14.0. The Morgan fingerprint density at radius 3 is 2.25 bits per heavy atom. The van der Waals surface area contributed by atoms with Crippen LogP contribution in [0, 0.1) is 11.8 Å². The van der Waals surface area contributed by atoms with Gasteiger partial charge in [-0.2, -0.15) is 0 Å². The predicted octanol–water partition coefficient (Wildman–Crippen LogP) is 3.35. The third-order valence-electron chi connectivity index (χ3n) is 3.89. The lowest BCUT2D eigenvalue weighted by Gasteiger charge is -2.33. The van der Waals surface area contributed by atoms with Crippen LogP contribution in [0.15, 0.2) is 0 Å². The van der Waals surface area contributed by atoms with Crippen molar-refractivity contribution in [1.29, 1.82) is 0 Å². The van der Waals surface area contributed by atoms with E-state index in [-0.39, 0.29) is 6.04 Å². The quantitative estimate of drug-likeness (QED) is 0.755. The van der Waals surface area contributed by atoms with Gasteiger partial charge in [0.25, 0.3) is 0 Å². The van der Waals surface area contributed by atoms with Crippen LogP contribution < -0.4 is 5.73 Å². The maximum atomic E-state index is 6.28. The molecule has 16 heavy (non-hydrogen) atoms. The van der Waals surface area contributed by atoms with Crippen LogP contribution in [0.25, 0.3) is 0 Å². The third-order valence-corrected chi connectivity index (χ3v) is 3.89. The van der Waals surface area contributed by atoms with Gasteiger partial charge in [-0.25, -0.2) is 0 Å². The van der Waals surface area contributed by atoms with Gasteiger partial charge in [-0.15, -0.1) is 0 Å². The molecule has 1 aliphatic carbocycles. The van der Waals surface area contributed by atoms with E-state index >= 15 is 0 Å². The highest BCUT2D eigenvalue weighted by molar-refractivity contribution is 4.82. The van der Waals surface area contributed by atoms with Crippen molar-refractivity contribution in [3.05, 3.63) is 0 Å². The largest absolute Gasteiger partial charge is 0.380 e. The van der Waals surface area contributed by atoms with E-state index in [0.717, 1.165) is 12.3 Å². The summed E-state index contributed by atoms with van der Waals surface area (Å²) in [7, 11) is 1.83. The maximum Gasteiger partial charge on any atom is 0.0750 e. The van der Waals surface area contributed by atoms with Crippen molar-refractivity contribution >= 4 is 0 Å². The summed E-state index contributed by atoms with van der Waals surface area (Å²) >= 11 is 0. The highest BCUT2D eigenvalue weighted by atomic mass is 16.5. The zero-order valence-electron chi connectivity index (χ0n) is 11.2. The van der Waals surface area contributed by atoms with E-state index in [4.69, 9.17) is 10.5 Å². The molecule has 0 aromatic rings. The molecule has 0 amide bonds. The Morgan fingerprint density at radius 1 is 1.12 bits per heavy atom. The zero-order chi connectivity index (χ0) is 12.0. The molecule has 0 heterocycles. The Balaban J connectivity index is 2.38. The van der Waals surface area contributed by atoms with Gasteiger partial charge in [0.05, 0.1) is 6.10 Å². The van der Waals surface area contributed by atoms with Crippen molar-refractivity contribution < 1.29 is 4.74 Å². The minimum atomic E-state index is 0.232. The predicted molar refractivity (Wildman–Crippen MR) is 69.4 cm³/mol. The normalized spacial score (nSPS) is 22.3. The molecule has 0 saturated heterocycles. The number of methoxy groups -OCH3 is 1. The molecule has 0 aromatic carbocycles. The van der Waals surface area contributed by atoms with E-state index in [1.165, 1.54) is 38.5 Å². The van der Waals surface area contributed by atoms with Crippen molar-refractivity contribution in [2.24, 2.45) is 17.6 Å². The SMILES string of the molecule is COC(C(N)CCC(C)C)C1CCCCC1. The minimum Gasteiger partial charge on any atom is -0.380 e. The maximum absolute atomic E-state index is 6.28. The number of rotatable bonds is 6. The molecule has 0 radical (unpaired) electrons. The van der Waals surface area contributed by atoms with E-state index in [0.29, 0.717) is 12.0 Å². The van der Waals surface area contributed by atoms with Gasteiger partial charge in [0.15, 0.2) is 0 Å². The first-order valence-electron chi connectivity index (χ1n) is 6.93. The van der Waals surface area contributed by atoms with Crippen molar-refractivity contribution in [2.45, 2.75) is 70.9 Å². The number of hydrogen-bond donors (Lipinski definition) is 1. The summed E-state index contributed by atoms with van der Waals surface area (Å²) in [5.74, 6) is 1.45. The van der Waals surface area contributed by atoms with Crippen LogP contribution in [-0.2, 0) is 4.74 Å². The fraction of sp³-hybridized carbons (Fsp3) is 1.00. The van der Waals surface area contributed by atoms with Crippen LogP contribution >= 0.6 is 0 Å². The molecule has 2 heteroatoms. The van der Waals surface area contributed by atoms with Gasteiger partial charge in [-0.1, -0.05) is 33.1 Å². The molecule has 2 unspecified atom stereocenters. The number of nitrogens with two attached hydrogens (primary N) is 1. The van der Waals surface area contributed by atoms with E-state index in [1.54, 1.807) is 0 Å². The van der Waals surface area contributed by atoms with E-state index in [1.807, 2.05) is 7.11 Å². The second-order valence-electron chi connectivity index (χ2n) is 5.73. The van der Waals surface area contributed by atoms with Crippen LogP contribution in [0.2, 0.25) is 0 Å². The molecule has 0 spiro atoms. The molecule has 2 N–H and O–H groups in total. The van der Waals surface area contributed by atoms with Crippen molar-refractivity contribution in [1.82, 2.24) is 0 Å². The molecule has 1 saturated carbocycles. The summed E-state index contributed by atoms with van der Waals surface area (Å²) in [6, 6.07) is 0.232. The fourth-order valence-corrected chi connectivity index (χ4v) is 2.87. The Hall–Kier alpha value is -0.0800. The summed E-state index contributed by atoms with van der Waals surface area (Å²) in [5.41, 5.74) is 6.28. The average Bonchev–Trinajstić information content (AvgIpc) is 2.29. The van der Waals surface area contributed by atoms with Gasteiger partial charge >= 0.3 is 0 Å². The van der Waals surface area contributed by atoms with Crippen LogP contribution in [0.3, 0.4) is 0 Å². The molecule has 1 aliphatic rings. The van der Waals surface area contributed by atoms with Gasteiger partial charge in [-0.05, 0) is 37.5 Å². The molecule has 0 aromatic heterocycles. The highest BCUT2D eigenvalue weighted by Crippen LogP contribution is 2.29. The topological polar surface area (TPSA) is 35.2 Å². The molecular weight excluding hydrogens is 198 g/mol. The second-order valence-corrected chi connectivity index (χ2v) is 5.73. The average molecular weight is 227 g/mol. The fourth-order valence-electron chi connectivity index (χ4n) is 2.87. The Bertz CT molecular complexity index is 176. The summed E-state index contributed by atoms with van der Waals surface area (Å²) in [6.45, 7) is 4.52. The van der Waals surface area contributed by atoms with Gasteiger partial charge in [0.1, 0.15) is 0 Å². The molecule has 96 valence electrons. The molecule has 1 rings (SSSR count). The standard InChI is InChI=1S/C14H29NO/c1-11(2)9-10-13(15)14(16-3)12-7-5-4-6-8-12/h11-14H,4-10,15H2,1-3H3.